The van der Waals surface area contributed by atoms with Gasteiger partial charge >= 0.3 is 0 Å². The zero-order valence-corrected chi connectivity index (χ0v) is 9.34. The molecule has 2 heterocycles. The van der Waals surface area contributed by atoms with Crippen molar-refractivity contribution in [3.05, 3.63) is 59.7 Å². The van der Waals surface area contributed by atoms with Crippen molar-refractivity contribution in [2.75, 3.05) is 0 Å². The van der Waals surface area contributed by atoms with Gasteiger partial charge in [0, 0.05) is 24.5 Å². The number of nitrogens with one attached hydrogen (secondary N) is 1. The summed E-state index contributed by atoms with van der Waals surface area (Å²) in [6.07, 6.45) is 5.04. The van der Waals surface area contributed by atoms with E-state index in [0.29, 0.717) is 6.61 Å². The number of rotatable bonds is 3. The van der Waals surface area contributed by atoms with Gasteiger partial charge in [0.1, 0.15) is 12.6 Å². The first-order valence-corrected chi connectivity index (χ1v) is 5.60. The van der Waals surface area contributed by atoms with Crippen molar-refractivity contribution in [1.29, 1.82) is 0 Å². The third-order valence-electron chi connectivity index (χ3n) is 2.85. The fourth-order valence-electron chi connectivity index (χ4n) is 2.00. The van der Waals surface area contributed by atoms with Crippen molar-refractivity contribution in [1.82, 2.24) is 15.3 Å². The lowest BCUT2D eigenvalue weighted by Crippen LogP contribution is -2.15. The first kappa shape index (κ1) is 10.4. The second-order valence-electron chi connectivity index (χ2n) is 4.02. The number of hydrogen-bond acceptors (Lipinski definition) is 4. The molecule has 4 heteroatoms. The summed E-state index contributed by atoms with van der Waals surface area (Å²) < 4.78 is 5.82. The monoisotopic (exact) mass is 227 g/mol. The average molecular weight is 227 g/mol. The first-order valence-electron chi connectivity index (χ1n) is 5.60. The van der Waals surface area contributed by atoms with Gasteiger partial charge < -0.3 is 4.74 Å². The van der Waals surface area contributed by atoms with Crippen molar-refractivity contribution in [3.8, 4) is 0 Å². The molecule has 2 aromatic rings. The van der Waals surface area contributed by atoms with Crippen LogP contribution < -0.4 is 5.32 Å². The molecule has 1 aromatic carbocycles. The lowest BCUT2D eigenvalue weighted by molar-refractivity contribution is 0.0229. The molecule has 0 bridgehead atoms. The van der Waals surface area contributed by atoms with E-state index in [9.17, 15) is 0 Å². The van der Waals surface area contributed by atoms with E-state index in [0.717, 1.165) is 12.1 Å². The number of hydrogen-bond donors (Lipinski definition) is 1. The lowest BCUT2D eigenvalue weighted by atomic mass is 10.1. The molecule has 1 aliphatic rings. The Bertz CT molecular complexity index is 501. The van der Waals surface area contributed by atoms with E-state index in [1.807, 2.05) is 12.1 Å². The van der Waals surface area contributed by atoms with E-state index in [2.05, 4.69) is 27.4 Å². The Balaban J connectivity index is 1.68. The van der Waals surface area contributed by atoms with E-state index in [-0.39, 0.29) is 6.23 Å². The zero-order valence-electron chi connectivity index (χ0n) is 9.34. The minimum absolute atomic E-state index is 0.0218. The summed E-state index contributed by atoms with van der Waals surface area (Å²) in [6, 6.07) is 8.31. The highest BCUT2D eigenvalue weighted by Gasteiger charge is 2.21. The molecule has 1 N–H and O–H groups in total. The van der Waals surface area contributed by atoms with Gasteiger partial charge in [0.2, 0.25) is 0 Å². The topological polar surface area (TPSA) is 47.0 Å². The van der Waals surface area contributed by atoms with Gasteiger partial charge in [-0.3, -0.25) is 5.32 Å². The van der Waals surface area contributed by atoms with Crippen LogP contribution in [0.25, 0.3) is 0 Å². The largest absolute Gasteiger partial charge is 0.354 e. The molecule has 1 aliphatic heterocycles. The smallest absolute Gasteiger partial charge is 0.135 e. The molecule has 17 heavy (non-hydrogen) atoms. The van der Waals surface area contributed by atoms with E-state index < -0.39 is 0 Å². The zero-order chi connectivity index (χ0) is 11.5. The van der Waals surface area contributed by atoms with Gasteiger partial charge in [-0.2, -0.15) is 0 Å². The van der Waals surface area contributed by atoms with Crippen molar-refractivity contribution < 1.29 is 4.74 Å². The molecule has 0 fully saturated rings. The molecule has 1 aromatic heterocycles. The predicted octanol–water partition coefficient (Wildman–Crippen LogP) is 1.80. The highest BCUT2D eigenvalue weighted by molar-refractivity contribution is 5.32. The molecule has 0 spiro atoms. The third kappa shape index (κ3) is 2.18. The Labute approximate surface area is 99.7 Å². The maximum absolute atomic E-state index is 5.82. The number of ether oxygens (including phenoxy) is 1. The molecule has 86 valence electrons. The van der Waals surface area contributed by atoms with Gasteiger partial charge in [-0.05, 0) is 11.1 Å². The van der Waals surface area contributed by atoms with Crippen LogP contribution in [0, 0.1) is 0 Å². The Morgan fingerprint density at radius 3 is 2.94 bits per heavy atom. The van der Waals surface area contributed by atoms with Crippen LogP contribution in [0.2, 0.25) is 0 Å². The second kappa shape index (κ2) is 4.61. The predicted molar refractivity (Wildman–Crippen MR) is 62.8 cm³/mol. The highest BCUT2D eigenvalue weighted by Crippen LogP contribution is 2.26. The van der Waals surface area contributed by atoms with Crippen LogP contribution in [0.4, 0.5) is 0 Å². The van der Waals surface area contributed by atoms with Crippen molar-refractivity contribution >= 4 is 0 Å². The van der Waals surface area contributed by atoms with Gasteiger partial charge in [0.25, 0.3) is 0 Å². The van der Waals surface area contributed by atoms with Gasteiger partial charge in [-0.1, -0.05) is 24.3 Å². The molecule has 0 saturated carbocycles. The number of aromatic nitrogens is 2. The third-order valence-corrected chi connectivity index (χ3v) is 2.85. The summed E-state index contributed by atoms with van der Waals surface area (Å²) >= 11 is 0. The molecule has 0 saturated heterocycles. The fourth-order valence-corrected chi connectivity index (χ4v) is 2.00. The van der Waals surface area contributed by atoms with Crippen molar-refractivity contribution in [2.45, 2.75) is 19.4 Å². The van der Waals surface area contributed by atoms with E-state index in [1.54, 1.807) is 12.4 Å². The fraction of sp³-hybridized carbons (Fsp3) is 0.231. The normalized spacial score (nSPS) is 18.0. The summed E-state index contributed by atoms with van der Waals surface area (Å²) in [5, 5.41) is 3.33. The Hall–Kier alpha value is -1.78. The van der Waals surface area contributed by atoms with Gasteiger partial charge in [0.05, 0.1) is 6.61 Å². The minimum Gasteiger partial charge on any atom is -0.354 e. The standard InChI is InChI=1S/C13H13N3O/c1-2-4-12-11(3-1)7-16-13(12)17-8-10-5-14-9-15-6-10/h1-6,9,13,16H,7-8H2. The molecule has 4 nitrogen and oxygen atoms in total. The van der Waals surface area contributed by atoms with E-state index in [4.69, 9.17) is 4.74 Å². The number of nitrogens with zero attached hydrogens (tertiary/aromatic N) is 2. The summed E-state index contributed by atoms with van der Waals surface area (Å²) in [5.74, 6) is 0. The molecule has 1 unspecified atom stereocenters. The molecule has 3 rings (SSSR count). The highest BCUT2D eigenvalue weighted by atomic mass is 16.5. The first-order chi connectivity index (χ1) is 8.43. The van der Waals surface area contributed by atoms with Crippen LogP contribution in [0.15, 0.2) is 43.0 Å². The van der Waals surface area contributed by atoms with Gasteiger partial charge in [0.15, 0.2) is 0 Å². The van der Waals surface area contributed by atoms with Crippen LogP contribution >= 0.6 is 0 Å². The average Bonchev–Trinajstić information content (AvgIpc) is 2.81. The van der Waals surface area contributed by atoms with Crippen LogP contribution in [0.1, 0.15) is 22.9 Å². The van der Waals surface area contributed by atoms with Crippen LogP contribution in [0.3, 0.4) is 0 Å². The maximum Gasteiger partial charge on any atom is 0.135 e. The quantitative estimate of drug-likeness (QED) is 0.868. The Morgan fingerprint density at radius 2 is 2.06 bits per heavy atom. The molecule has 1 atom stereocenters. The molecular weight excluding hydrogens is 214 g/mol. The maximum atomic E-state index is 5.82. The summed E-state index contributed by atoms with van der Waals surface area (Å²) in [5.41, 5.74) is 3.52. The molecule has 0 amide bonds. The SMILES string of the molecule is c1ccc2c(c1)CNC2OCc1cncnc1. The summed E-state index contributed by atoms with van der Waals surface area (Å²) in [4.78, 5) is 7.93. The second-order valence-corrected chi connectivity index (χ2v) is 4.02. The van der Waals surface area contributed by atoms with E-state index >= 15 is 0 Å². The van der Waals surface area contributed by atoms with Crippen LogP contribution in [-0.4, -0.2) is 9.97 Å². The Kier molecular flexibility index (Phi) is 2.81. The minimum atomic E-state index is -0.0218. The van der Waals surface area contributed by atoms with Gasteiger partial charge in [-0.25, -0.2) is 9.97 Å². The molecular formula is C13H13N3O. The number of fused-ring (bicyclic) bond motifs is 1. The van der Waals surface area contributed by atoms with Gasteiger partial charge in [-0.15, -0.1) is 0 Å². The number of benzene rings is 1. The Morgan fingerprint density at radius 1 is 1.24 bits per heavy atom. The van der Waals surface area contributed by atoms with Crippen LogP contribution in [-0.2, 0) is 17.9 Å². The lowest BCUT2D eigenvalue weighted by Gasteiger charge is -2.13. The van der Waals surface area contributed by atoms with E-state index in [1.165, 1.54) is 17.5 Å². The summed E-state index contributed by atoms with van der Waals surface area (Å²) in [7, 11) is 0. The summed E-state index contributed by atoms with van der Waals surface area (Å²) in [6.45, 7) is 1.39. The molecule has 0 aliphatic carbocycles. The van der Waals surface area contributed by atoms with Crippen LogP contribution in [0.5, 0.6) is 0 Å². The van der Waals surface area contributed by atoms with Crippen molar-refractivity contribution in [2.24, 2.45) is 0 Å². The van der Waals surface area contributed by atoms with Crippen molar-refractivity contribution in [3.63, 3.8) is 0 Å². The molecule has 0 radical (unpaired) electrons.